The monoisotopic (exact) mass is 301 g/mol. The van der Waals surface area contributed by atoms with Gasteiger partial charge in [-0.2, -0.15) is 0 Å². The topological polar surface area (TPSA) is 101 Å². The third-order valence-electron chi connectivity index (χ3n) is 2.96. The molecule has 2 rings (SSSR count). The number of nitrogens with zero attached hydrogens (tertiary/aromatic N) is 1. The molecule has 0 saturated carbocycles. The van der Waals surface area contributed by atoms with E-state index < -0.39 is 11.9 Å². The molecule has 0 saturated heterocycles. The van der Waals surface area contributed by atoms with Gasteiger partial charge in [-0.15, -0.1) is 0 Å². The second-order valence-electron chi connectivity index (χ2n) is 4.36. The molecule has 7 heteroatoms. The lowest BCUT2D eigenvalue weighted by molar-refractivity contribution is 0.0696. The van der Waals surface area contributed by atoms with Crippen molar-refractivity contribution in [3.8, 4) is 5.75 Å². The molecule has 114 valence electrons. The van der Waals surface area contributed by atoms with Gasteiger partial charge < -0.3 is 20.5 Å². The minimum atomic E-state index is -1.14. The summed E-state index contributed by atoms with van der Waals surface area (Å²) in [6, 6.07) is 8.32. The van der Waals surface area contributed by atoms with Gasteiger partial charge in [0.1, 0.15) is 11.6 Å². The highest BCUT2D eigenvalue weighted by Crippen LogP contribution is 2.22. The summed E-state index contributed by atoms with van der Waals surface area (Å²) in [7, 11) is 3.03. The molecule has 22 heavy (non-hydrogen) atoms. The van der Waals surface area contributed by atoms with Crippen LogP contribution in [0.5, 0.6) is 5.75 Å². The number of rotatable bonds is 5. The average Bonchev–Trinajstić information content (AvgIpc) is 2.55. The number of hydrogen-bond acceptors (Lipinski definition) is 5. The maximum atomic E-state index is 11.9. The summed E-state index contributed by atoms with van der Waals surface area (Å²) >= 11 is 0. The Kier molecular flexibility index (Phi) is 4.57. The predicted molar refractivity (Wildman–Crippen MR) is 80.9 cm³/mol. The molecule has 1 aromatic heterocycles. The van der Waals surface area contributed by atoms with Crippen LogP contribution in [-0.4, -0.2) is 36.1 Å². The van der Waals surface area contributed by atoms with Gasteiger partial charge in [-0.25, -0.2) is 9.78 Å². The number of aromatic nitrogens is 1. The molecule has 2 aromatic rings. The normalized spacial score (nSPS) is 9.91. The molecule has 0 spiro atoms. The van der Waals surface area contributed by atoms with E-state index in [9.17, 15) is 9.59 Å². The van der Waals surface area contributed by atoms with Crippen LogP contribution in [0.25, 0.3) is 0 Å². The lowest BCUT2D eigenvalue weighted by atomic mass is 10.1. The summed E-state index contributed by atoms with van der Waals surface area (Å²) < 4.78 is 5.07. The number of carbonyl (C=O) groups excluding carboxylic acids is 1. The molecule has 0 fully saturated rings. The van der Waals surface area contributed by atoms with E-state index in [1.165, 1.54) is 19.3 Å². The van der Waals surface area contributed by atoms with Crippen molar-refractivity contribution in [1.29, 1.82) is 0 Å². The van der Waals surface area contributed by atoms with E-state index in [-0.39, 0.29) is 16.9 Å². The Morgan fingerprint density at radius 3 is 2.45 bits per heavy atom. The van der Waals surface area contributed by atoms with Crippen LogP contribution in [0.1, 0.15) is 20.7 Å². The predicted octanol–water partition coefficient (Wildman–Crippen LogP) is 1.89. The third kappa shape index (κ3) is 3.32. The van der Waals surface area contributed by atoms with Crippen molar-refractivity contribution in [3.05, 3.63) is 47.7 Å². The number of carbonyl (C=O) groups is 2. The minimum Gasteiger partial charge on any atom is -0.497 e. The van der Waals surface area contributed by atoms with Crippen LogP contribution in [0, 0.1) is 0 Å². The molecule has 0 aliphatic rings. The molecule has 1 amide bonds. The third-order valence-corrected chi connectivity index (χ3v) is 2.96. The van der Waals surface area contributed by atoms with Crippen LogP contribution in [0.2, 0.25) is 0 Å². The van der Waals surface area contributed by atoms with Crippen LogP contribution in [0.3, 0.4) is 0 Å². The minimum absolute atomic E-state index is 0.0566. The maximum Gasteiger partial charge on any atom is 0.337 e. The number of methoxy groups -OCH3 is 1. The van der Waals surface area contributed by atoms with Crippen molar-refractivity contribution in [2.75, 3.05) is 19.5 Å². The van der Waals surface area contributed by atoms with Crippen LogP contribution < -0.4 is 15.4 Å². The van der Waals surface area contributed by atoms with E-state index in [0.29, 0.717) is 11.4 Å². The number of carboxylic acid groups (broad SMARTS) is 1. The van der Waals surface area contributed by atoms with E-state index in [0.717, 1.165) is 0 Å². The number of ether oxygens (including phenoxy) is 1. The Balaban J connectivity index is 2.36. The molecule has 1 heterocycles. The second kappa shape index (κ2) is 6.57. The fraction of sp³-hybridized carbons (Fsp3) is 0.133. The van der Waals surface area contributed by atoms with Gasteiger partial charge in [0.05, 0.1) is 18.2 Å². The van der Waals surface area contributed by atoms with Gasteiger partial charge in [-0.3, -0.25) is 4.79 Å². The summed E-state index contributed by atoms with van der Waals surface area (Å²) in [6.07, 6.45) is 1.20. The lowest BCUT2D eigenvalue weighted by Crippen LogP contribution is -2.20. The lowest BCUT2D eigenvalue weighted by Gasteiger charge is -2.11. The quantitative estimate of drug-likeness (QED) is 0.779. The molecule has 0 bridgehead atoms. The average molecular weight is 301 g/mol. The number of carboxylic acids is 1. The van der Waals surface area contributed by atoms with Gasteiger partial charge in [0.15, 0.2) is 0 Å². The number of pyridine rings is 1. The standard InChI is InChI=1S/C15H15N3O4/c1-16-14(19)12-7-9(15(20)21)8-17-13(12)18-10-3-5-11(22-2)6-4-10/h3-8H,1-2H3,(H,16,19)(H,17,18)(H,20,21). The first-order chi connectivity index (χ1) is 10.5. The summed E-state index contributed by atoms with van der Waals surface area (Å²) in [5.41, 5.74) is 0.790. The number of nitrogens with one attached hydrogen (secondary N) is 2. The Morgan fingerprint density at radius 2 is 1.91 bits per heavy atom. The molecule has 7 nitrogen and oxygen atoms in total. The van der Waals surface area contributed by atoms with E-state index in [2.05, 4.69) is 15.6 Å². The second-order valence-corrected chi connectivity index (χ2v) is 4.36. The Hall–Kier alpha value is -3.09. The zero-order valence-electron chi connectivity index (χ0n) is 12.1. The molecule has 1 aromatic carbocycles. The van der Waals surface area contributed by atoms with Gasteiger partial charge in [0.2, 0.25) is 0 Å². The van der Waals surface area contributed by atoms with Crippen molar-refractivity contribution in [2.45, 2.75) is 0 Å². The Labute approximate surface area is 126 Å². The van der Waals surface area contributed by atoms with Crippen LogP contribution in [-0.2, 0) is 0 Å². The number of anilines is 2. The maximum absolute atomic E-state index is 11.9. The summed E-state index contributed by atoms with van der Waals surface area (Å²) in [5, 5.41) is 14.4. The molecular formula is C15H15N3O4. The Morgan fingerprint density at radius 1 is 1.23 bits per heavy atom. The number of hydrogen-bond donors (Lipinski definition) is 3. The SMILES string of the molecule is CNC(=O)c1cc(C(=O)O)cnc1Nc1ccc(OC)cc1. The van der Waals surface area contributed by atoms with Crippen LogP contribution >= 0.6 is 0 Å². The van der Waals surface area contributed by atoms with Gasteiger partial charge >= 0.3 is 5.97 Å². The highest BCUT2D eigenvalue weighted by atomic mass is 16.5. The highest BCUT2D eigenvalue weighted by Gasteiger charge is 2.15. The van der Waals surface area contributed by atoms with Gasteiger partial charge in [-0.1, -0.05) is 0 Å². The molecule has 0 aliphatic heterocycles. The number of benzene rings is 1. The van der Waals surface area contributed by atoms with Gasteiger partial charge in [0.25, 0.3) is 5.91 Å². The van der Waals surface area contributed by atoms with E-state index in [1.54, 1.807) is 31.4 Å². The first-order valence-corrected chi connectivity index (χ1v) is 6.41. The first kappa shape index (κ1) is 15.3. The van der Waals surface area contributed by atoms with Gasteiger partial charge in [0, 0.05) is 18.9 Å². The first-order valence-electron chi connectivity index (χ1n) is 6.41. The zero-order chi connectivity index (χ0) is 16.1. The largest absolute Gasteiger partial charge is 0.497 e. The molecule has 0 aliphatic carbocycles. The molecule has 3 N–H and O–H groups in total. The van der Waals surface area contributed by atoms with Crippen LogP contribution in [0.15, 0.2) is 36.5 Å². The molecule has 0 atom stereocenters. The molecule has 0 unspecified atom stereocenters. The molecule has 0 radical (unpaired) electrons. The molecular weight excluding hydrogens is 286 g/mol. The van der Waals surface area contributed by atoms with Crippen molar-refractivity contribution >= 4 is 23.4 Å². The Bertz CT molecular complexity index is 698. The van der Waals surface area contributed by atoms with Gasteiger partial charge in [-0.05, 0) is 30.3 Å². The van der Waals surface area contributed by atoms with Crippen molar-refractivity contribution in [3.63, 3.8) is 0 Å². The van der Waals surface area contributed by atoms with E-state index in [4.69, 9.17) is 9.84 Å². The number of amides is 1. The van der Waals surface area contributed by atoms with Crippen molar-refractivity contribution < 1.29 is 19.4 Å². The summed E-state index contributed by atoms with van der Waals surface area (Å²) in [4.78, 5) is 26.9. The number of aromatic carboxylic acids is 1. The van der Waals surface area contributed by atoms with Crippen LogP contribution in [0.4, 0.5) is 11.5 Å². The smallest absolute Gasteiger partial charge is 0.337 e. The van der Waals surface area contributed by atoms with E-state index >= 15 is 0 Å². The fourth-order valence-corrected chi connectivity index (χ4v) is 1.80. The fourth-order valence-electron chi connectivity index (χ4n) is 1.80. The summed E-state index contributed by atoms with van der Waals surface area (Å²) in [6.45, 7) is 0. The van der Waals surface area contributed by atoms with Crippen molar-refractivity contribution in [1.82, 2.24) is 10.3 Å². The van der Waals surface area contributed by atoms with E-state index in [1.807, 2.05) is 0 Å². The highest BCUT2D eigenvalue weighted by molar-refractivity contribution is 6.01. The zero-order valence-corrected chi connectivity index (χ0v) is 12.1. The summed E-state index contributed by atoms with van der Waals surface area (Å²) in [5.74, 6) is -0.596. The van der Waals surface area contributed by atoms with Crippen molar-refractivity contribution in [2.24, 2.45) is 0 Å².